The van der Waals surface area contributed by atoms with Gasteiger partial charge in [0.2, 0.25) is 0 Å². The Labute approximate surface area is 174 Å². The second-order valence-corrected chi connectivity index (χ2v) is 7.83. The Hall–Kier alpha value is -3.42. The summed E-state index contributed by atoms with van der Waals surface area (Å²) < 4.78 is 13.2. The van der Waals surface area contributed by atoms with Crippen molar-refractivity contribution >= 4 is 17.9 Å². The number of hydrogen-bond donors (Lipinski definition) is 0. The van der Waals surface area contributed by atoms with Gasteiger partial charge in [0.05, 0.1) is 6.54 Å². The fourth-order valence-corrected chi connectivity index (χ4v) is 4.37. The molecule has 5 rings (SSSR count). The van der Waals surface area contributed by atoms with Crippen LogP contribution in [0.25, 0.3) is 0 Å². The second kappa shape index (κ2) is 7.12. The van der Waals surface area contributed by atoms with Gasteiger partial charge in [0.25, 0.3) is 5.91 Å². The molecule has 154 valence electrons. The first-order valence-electron chi connectivity index (χ1n) is 9.99. The molecule has 2 atom stereocenters. The van der Waals surface area contributed by atoms with Crippen LogP contribution in [0, 0.1) is 5.82 Å². The molecule has 0 saturated carbocycles. The lowest BCUT2D eigenvalue weighted by atomic mass is 10.1. The molecule has 3 heterocycles. The summed E-state index contributed by atoms with van der Waals surface area (Å²) in [7, 11) is 1.68. The highest BCUT2D eigenvalue weighted by molar-refractivity contribution is 6.04. The quantitative estimate of drug-likeness (QED) is 0.779. The molecule has 0 spiro atoms. The maximum Gasteiger partial charge on any atom is 0.328 e. The van der Waals surface area contributed by atoms with E-state index in [1.54, 1.807) is 19.2 Å². The number of halogens is 1. The number of carbonyl (C=O) groups is 2. The Bertz CT molecular complexity index is 1010. The van der Waals surface area contributed by atoms with E-state index in [0.717, 1.165) is 12.5 Å². The van der Waals surface area contributed by atoms with Crippen molar-refractivity contribution in [3.63, 3.8) is 0 Å². The number of carbonyl (C=O) groups excluding carboxylic acids is 2. The predicted octanol–water partition coefficient (Wildman–Crippen LogP) is 2.10. The molecule has 2 fully saturated rings. The highest BCUT2D eigenvalue weighted by atomic mass is 19.1. The molecule has 8 heteroatoms. The number of likely N-dealkylation sites (N-methyl/N-ethyl adjacent to an activating group) is 1. The van der Waals surface area contributed by atoms with Crippen LogP contribution in [-0.2, 0) is 17.9 Å². The summed E-state index contributed by atoms with van der Waals surface area (Å²) in [6.45, 7) is 2.29. The van der Waals surface area contributed by atoms with Crippen molar-refractivity contribution in [3.05, 3.63) is 71.5 Å². The third-order valence-corrected chi connectivity index (χ3v) is 5.94. The summed E-state index contributed by atoms with van der Waals surface area (Å²) in [6, 6.07) is 15.1. The van der Waals surface area contributed by atoms with Gasteiger partial charge in [0, 0.05) is 26.7 Å². The number of guanidine groups is 1. The van der Waals surface area contributed by atoms with E-state index in [2.05, 4.69) is 17.0 Å². The van der Waals surface area contributed by atoms with Crippen molar-refractivity contribution in [2.24, 2.45) is 4.99 Å². The largest absolute Gasteiger partial charge is 0.337 e. The first-order valence-corrected chi connectivity index (χ1v) is 9.99. The van der Waals surface area contributed by atoms with Crippen LogP contribution in [0.2, 0.25) is 0 Å². The van der Waals surface area contributed by atoms with Crippen molar-refractivity contribution in [2.45, 2.75) is 25.3 Å². The van der Waals surface area contributed by atoms with E-state index in [0.29, 0.717) is 18.7 Å². The van der Waals surface area contributed by atoms with Crippen LogP contribution in [0.1, 0.15) is 11.1 Å². The number of fused-ring (bicyclic) bond motifs is 3. The van der Waals surface area contributed by atoms with Crippen LogP contribution < -0.4 is 0 Å². The summed E-state index contributed by atoms with van der Waals surface area (Å²) in [5, 5.41) is 0. The lowest BCUT2D eigenvalue weighted by Gasteiger charge is -2.40. The summed E-state index contributed by atoms with van der Waals surface area (Å²) in [5.41, 5.74) is 1.88. The summed E-state index contributed by atoms with van der Waals surface area (Å²) in [5.74, 6) is 0.162. The average molecular weight is 407 g/mol. The lowest BCUT2D eigenvalue weighted by Crippen LogP contribution is -2.64. The minimum atomic E-state index is -0.525. The number of amides is 3. The number of hydrogen-bond acceptors (Lipinski definition) is 5. The fraction of sp³-hybridized carbons (Fsp3) is 0.318. The van der Waals surface area contributed by atoms with Crippen LogP contribution in [0.3, 0.4) is 0 Å². The zero-order valence-electron chi connectivity index (χ0n) is 16.6. The van der Waals surface area contributed by atoms with E-state index >= 15 is 0 Å². The van der Waals surface area contributed by atoms with Gasteiger partial charge in [0.1, 0.15) is 5.82 Å². The smallest absolute Gasteiger partial charge is 0.328 e. The number of urea groups is 1. The van der Waals surface area contributed by atoms with E-state index in [4.69, 9.17) is 4.99 Å². The molecule has 0 bridgehead atoms. The van der Waals surface area contributed by atoms with E-state index in [-0.39, 0.29) is 24.3 Å². The minimum absolute atomic E-state index is 0.114. The van der Waals surface area contributed by atoms with E-state index < -0.39 is 12.2 Å². The molecule has 7 nitrogen and oxygen atoms in total. The average Bonchev–Trinajstić information content (AvgIpc) is 3.32. The van der Waals surface area contributed by atoms with Gasteiger partial charge in [-0.05, 0) is 23.3 Å². The van der Waals surface area contributed by atoms with Gasteiger partial charge in [-0.3, -0.25) is 9.69 Å². The highest BCUT2D eigenvalue weighted by Gasteiger charge is 2.54. The molecule has 2 aromatic rings. The van der Waals surface area contributed by atoms with Crippen LogP contribution in [0.5, 0.6) is 0 Å². The SMILES string of the molecule is CN1C(=O)N(Cc2ccc(F)cc2)C(=O)C2C1N=C1N(Cc3ccccc3)CCN12. The third-order valence-electron chi connectivity index (χ3n) is 5.94. The summed E-state index contributed by atoms with van der Waals surface area (Å²) in [4.78, 5) is 37.9. The Morgan fingerprint density at radius 1 is 0.967 bits per heavy atom. The minimum Gasteiger partial charge on any atom is -0.337 e. The van der Waals surface area contributed by atoms with Crippen LogP contribution in [-0.4, -0.2) is 69.8 Å². The molecule has 3 aliphatic heterocycles. The molecule has 0 aliphatic carbocycles. The molecule has 30 heavy (non-hydrogen) atoms. The van der Waals surface area contributed by atoms with E-state index in [1.807, 2.05) is 23.1 Å². The van der Waals surface area contributed by atoms with E-state index in [1.165, 1.54) is 27.5 Å². The van der Waals surface area contributed by atoms with Gasteiger partial charge >= 0.3 is 6.03 Å². The van der Waals surface area contributed by atoms with Gasteiger partial charge in [0.15, 0.2) is 18.2 Å². The zero-order chi connectivity index (χ0) is 20.8. The molecule has 3 aliphatic rings. The van der Waals surface area contributed by atoms with Crippen LogP contribution in [0.4, 0.5) is 9.18 Å². The number of rotatable bonds is 4. The number of benzene rings is 2. The van der Waals surface area contributed by atoms with Crippen molar-refractivity contribution < 1.29 is 14.0 Å². The number of imide groups is 1. The molecular formula is C22H22FN5O2. The molecular weight excluding hydrogens is 385 g/mol. The van der Waals surface area contributed by atoms with Crippen LogP contribution >= 0.6 is 0 Å². The number of aliphatic imine (C=N–C) groups is 1. The molecule has 0 aromatic heterocycles. The van der Waals surface area contributed by atoms with Crippen molar-refractivity contribution in [2.75, 3.05) is 20.1 Å². The predicted molar refractivity (Wildman–Crippen MR) is 109 cm³/mol. The highest BCUT2D eigenvalue weighted by Crippen LogP contribution is 2.32. The molecule has 0 radical (unpaired) electrons. The Morgan fingerprint density at radius 3 is 2.40 bits per heavy atom. The summed E-state index contributed by atoms with van der Waals surface area (Å²) in [6.07, 6.45) is -0.525. The topological polar surface area (TPSA) is 59.5 Å². The van der Waals surface area contributed by atoms with Gasteiger partial charge in [-0.25, -0.2) is 14.2 Å². The van der Waals surface area contributed by atoms with Gasteiger partial charge in [-0.15, -0.1) is 0 Å². The zero-order valence-corrected chi connectivity index (χ0v) is 16.6. The first-order chi connectivity index (χ1) is 14.5. The van der Waals surface area contributed by atoms with E-state index in [9.17, 15) is 14.0 Å². The maximum atomic E-state index is 13.3. The monoisotopic (exact) mass is 407 g/mol. The lowest BCUT2D eigenvalue weighted by molar-refractivity contribution is -0.137. The first kappa shape index (κ1) is 18.6. The molecule has 2 aromatic carbocycles. The number of nitrogens with zero attached hydrogens (tertiary/aromatic N) is 5. The second-order valence-electron chi connectivity index (χ2n) is 7.83. The standard InChI is InChI=1S/C22H22FN5O2/c1-25-19-18(20(29)28(22(25)30)14-16-7-9-17(23)10-8-16)27-12-11-26(21(27)24-19)13-15-5-3-2-4-6-15/h2-10,18-19H,11-14H2,1H3. The molecule has 2 unspecified atom stereocenters. The van der Waals surface area contributed by atoms with Gasteiger partial charge < -0.3 is 14.7 Å². The Balaban J connectivity index is 1.38. The molecule has 3 amide bonds. The molecule has 0 N–H and O–H groups in total. The Kier molecular flexibility index (Phi) is 4.42. The van der Waals surface area contributed by atoms with Crippen molar-refractivity contribution in [1.29, 1.82) is 0 Å². The summed E-state index contributed by atoms with van der Waals surface area (Å²) >= 11 is 0. The van der Waals surface area contributed by atoms with Crippen molar-refractivity contribution in [1.82, 2.24) is 19.6 Å². The normalized spacial score (nSPS) is 23.1. The maximum absolute atomic E-state index is 13.3. The Morgan fingerprint density at radius 2 is 1.67 bits per heavy atom. The third kappa shape index (κ3) is 2.99. The van der Waals surface area contributed by atoms with Crippen molar-refractivity contribution in [3.8, 4) is 0 Å². The van der Waals surface area contributed by atoms with Gasteiger partial charge in [-0.1, -0.05) is 42.5 Å². The van der Waals surface area contributed by atoms with Gasteiger partial charge in [-0.2, -0.15) is 0 Å². The fourth-order valence-electron chi connectivity index (χ4n) is 4.37. The van der Waals surface area contributed by atoms with Crippen LogP contribution in [0.15, 0.2) is 59.6 Å². The molecule has 2 saturated heterocycles.